The smallest absolute Gasteiger partial charge is 0.252 e. The second-order valence-electron chi connectivity index (χ2n) is 6.15. The van der Waals surface area contributed by atoms with Crippen LogP contribution in [0.3, 0.4) is 0 Å². The topological polar surface area (TPSA) is 70.2 Å². The summed E-state index contributed by atoms with van der Waals surface area (Å²) in [6.45, 7) is 10.1. The van der Waals surface area contributed by atoms with Gasteiger partial charge in [0, 0.05) is 13.0 Å². The van der Waals surface area contributed by atoms with Crippen LogP contribution in [0.4, 0.5) is 0 Å². The minimum absolute atomic E-state index is 0.0873. The number of amides is 2. The summed E-state index contributed by atoms with van der Waals surface area (Å²) >= 11 is 0. The zero-order chi connectivity index (χ0) is 16.7. The first kappa shape index (κ1) is 18.2. The lowest BCUT2D eigenvalue weighted by Gasteiger charge is -2.23. The van der Waals surface area contributed by atoms with Gasteiger partial charge in [0.1, 0.15) is 0 Å². The molecule has 1 aromatic rings. The van der Waals surface area contributed by atoms with E-state index in [9.17, 15) is 9.59 Å². The molecule has 0 heterocycles. The molecule has 0 aliphatic heterocycles. The average molecular weight is 305 g/mol. The number of rotatable bonds is 6. The number of hydrazine groups is 1. The third-order valence-electron chi connectivity index (χ3n) is 3.49. The van der Waals surface area contributed by atoms with Crippen LogP contribution in [0.15, 0.2) is 24.3 Å². The maximum absolute atomic E-state index is 11.7. The van der Waals surface area contributed by atoms with Gasteiger partial charge in [-0.05, 0) is 23.0 Å². The molecular weight excluding hydrogens is 278 g/mol. The third-order valence-corrected chi connectivity index (χ3v) is 3.49. The highest BCUT2D eigenvalue weighted by Crippen LogP contribution is 2.23. The lowest BCUT2D eigenvalue weighted by Crippen LogP contribution is -2.45. The number of carbonyl (C=O) groups excluding carboxylic acids is 2. The fraction of sp³-hybridized carbons (Fsp3) is 0.529. The molecule has 122 valence electrons. The van der Waals surface area contributed by atoms with Gasteiger partial charge >= 0.3 is 0 Å². The van der Waals surface area contributed by atoms with Gasteiger partial charge in [-0.25, -0.2) is 0 Å². The predicted molar refractivity (Wildman–Crippen MR) is 88.1 cm³/mol. The van der Waals surface area contributed by atoms with Gasteiger partial charge in [-0.1, -0.05) is 52.0 Å². The zero-order valence-electron chi connectivity index (χ0n) is 14.1. The Labute approximate surface area is 132 Å². The number of carbonyl (C=O) groups is 2. The van der Waals surface area contributed by atoms with E-state index in [2.05, 4.69) is 68.1 Å². The van der Waals surface area contributed by atoms with E-state index in [1.165, 1.54) is 12.5 Å². The van der Waals surface area contributed by atoms with E-state index in [0.29, 0.717) is 11.8 Å². The monoisotopic (exact) mass is 305 g/mol. The third kappa shape index (κ3) is 5.85. The van der Waals surface area contributed by atoms with Crippen LogP contribution >= 0.6 is 0 Å². The second-order valence-corrected chi connectivity index (χ2v) is 6.15. The van der Waals surface area contributed by atoms with Crippen molar-refractivity contribution in [3.05, 3.63) is 35.4 Å². The van der Waals surface area contributed by atoms with Crippen molar-refractivity contribution in [3.63, 3.8) is 0 Å². The Morgan fingerprint density at radius 2 is 1.50 bits per heavy atom. The van der Waals surface area contributed by atoms with Gasteiger partial charge < -0.3 is 5.32 Å². The summed E-state index contributed by atoms with van der Waals surface area (Å²) < 4.78 is 0. The molecule has 5 heteroatoms. The van der Waals surface area contributed by atoms with Crippen LogP contribution in [0.25, 0.3) is 0 Å². The molecule has 3 N–H and O–H groups in total. The molecule has 2 amide bonds. The molecular formula is C17H27N3O2. The van der Waals surface area contributed by atoms with Crippen molar-refractivity contribution in [2.45, 2.75) is 46.6 Å². The number of nitrogens with one attached hydrogen (secondary N) is 3. The van der Waals surface area contributed by atoms with Gasteiger partial charge in [0.25, 0.3) is 5.91 Å². The molecule has 0 aliphatic carbocycles. The quantitative estimate of drug-likeness (QED) is 0.706. The van der Waals surface area contributed by atoms with Crippen LogP contribution in [-0.2, 0) is 9.59 Å². The molecule has 0 bridgehead atoms. The van der Waals surface area contributed by atoms with Gasteiger partial charge in [-0.2, -0.15) is 0 Å². The fourth-order valence-electron chi connectivity index (χ4n) is 2.23. The highest BCUT2D eigenvalue weighted by Gasteiger charge is 2.16. The van der Waals surface area contributed by atoms with Gasteiger partial charge in [0.2, 0.25) is 5.91 Å². The number of hydrogen-bond donors (Lipinski definition) is 3. The first-order valence-corrected chi connectivity index (χ1v) is 7.70. The van der Waals surface area contributed by atoms with Crippen molar-refractivity contribution in [2.24, 2.45) is 5.92 Å². The second kappa shape index (κ2) is 8.54. The van der Waals surface area contributed by atoms with Crippen molar-refractivity contribution in [3.8, 4) is 0 Å². The lowest BCUT2D eigenvalue weighted by molar-refractivity contribution is -0.127. The van der Waals surface area contributed by atoms with Crippen LogP contribution < -0.4 is 16.2 Å². The van der Waals surface area contributed by atoms with E-state index in [0.717, 1.165) is 5.56 Å². The first-order valence-electron chi connectivity index (χ1n) is 7.70. The van der Waals surface area contributed by atoms with Crippen LogP contribution in [-0.4, -0.2) is 18.4 Å². The summed E-state index contributed by atoms with van der Waals surface area (Å²) in [4.78, 5) is 22.4. The van der Waals surface area contributed by atoms with E-state index >= 15 is 0 Å². The molecule has 0 unspecified atom stereocenters. The molecule has 5 nitrogen and oxygen atoms in total. The van der Waals surface area contributed by atoms with Crippen molar-refractivity contribution >= 4 is 11.8 Å². The van der Waals surface area contributed by atoms with Gasteiger partial charge in [-0.3, -0.25) is 20.4 Å². The van der Waals surface area contributed by atoms with Crippen molar-refractivity contribution in [1.29, 1.82) is 0 Å². The predicted octanol–water partition coefficient (Wildman–Crippen LogP) is 2.26. The summed E-state index contributed by atoms with van der Waals surface area (Å²) in [7, 11) is 0. The molecule has 1 aromatic carbocycles. The van der Waals surface area contributed by atoms with E-state index in [1.54, 1.807) is 0 Å². The molecule has 22 heavy (non-hydrogen) atoms. The molecule has 0 fully saturated rings. The highest BCUT2D eigenvalue weighted by atomic mass is 16.2. The molecule has 0 spiro atoms. The first-order chi connectivity index (χ1) is 10.3. The summed E-state index contributed by atoms with van der Waals surface area (Å²) in [6.07, 6.45) is 0. The van der Waals surface area contributed by atoms with Crippen LogP contribution in [0.1, 0.15) is 57.7 Å². The summed E-state index contributed by atoms with van der Waals surface area (Å²) in [5.41, 5.74) is 7.09. The highest BCUT2D eigenvalue weighted by molar-refractivity contribution is 5.81. The van der Waals surface area contributed by atoms with Crippen LogP contribution in [0, 0.1) is 5.92 Å². The number of hydrogen-bond acceptors (Lipinski definition) is 3. The number of benzene rings is 1. The SMILES string of the molecule is CC(=O)NNC(=O)CN[C@H](c1ccc(C(C)C)cc1)C(C)C. The van der Waals surface area contributed by atoms with Gasteiger partial charge in [-0.15, -0.1) is 0 Å². The summed E-state index contributed by atoms with van der Waals surface area (Å²) in [5.74, 6) is 0.291. The Balaban J connectivity index is 2.65. The molecule has 0 saturated heterocycles. The van der Waals surface area contributed by atoms with Crippen molar-refractivity contribution < 1.29 is 9.59 Å². The molecule has 0 radical (unpaired) electrons. The maximum Gasteiger partial charge on any atom is 0.252 e. The average Bonchev–Trinajstić information content (AvgIpc) is 2.45. The fourth-order valence-corrected chi connectivity index (χ4v) is 2.23. The molecule has 0 aromatic heterocycles. The Hall–Kier alpha value is -1.88. The summed E-state index contributed by atoms with van der Waals surface area (Å²) in [5, 5.41) is 3.24. The lowest BCUT2D eigenvalue weighted by atomic mass is 9.93. The maximum atomic E-state index is 11.7. The van der Waals surface area contributed by atoms with Gasteiger partial charge in [0.15, 0.2) is 0 Å². The van der Waals surface area contributed by atoms with Gasteiger partial charge in [0.05, 0.1) is 6.54 Å². The van der Waals surface area contributed by atoms with E-state index < -0.39 is 0 Å². The zero-order valence-corrected chi connectivity index (χ0v) is 14.1. The van der Waals surface area contributed by atoms with Crippen LogP contribution in [0.5, 0.6) is 0 Å². The van der Waals surface area contributed by atoms with Crippen LogP contribution in [0.2, 0.25) is 0 Å². The Bertz CT molecular complexity index is 495. The minimum Gasteiger partial charge on any atom is -0.301 e. The Morgan fingerprint density at radius 1 is 0.955 bits per heavy atom. The van der Waals surface area contributed by atoms with E-state index in [-0.39, 0.29) is 24.4 Å². The normalized spacial score (nSPS) is 12.3. The van der Waals surface area contributed by atoms with Crippen molar-refractivity contribution in [2.75, 3.05) is 6.54 Å². The largest absolute Gasteiger partial charge is 0.301 e. The molecule has 1 rings (SSSR count). The van der Waals surface area contributed by atoms with Crippen molar-refractivity contribution in [1.82, 2.24) is 16.2 Å². The standard InChI is InChI=1S/C17H27N3O2/c1-11(2)14-6-8-15(9-7-14)17(12(3)4)18-10-16(22)20-19-13(5)21/h6-9,11-12,17-18H,10H2,1-5H3,(H,19,21)(H,20,22)/t17-/m0/s1. The summed E-state index contributed by atoms with van der Waals surface area (Å²) in [6, 6.07) is 8.57. The van der Waals surface area contributed by atoms with E-state index in [1.807, 2.05) is 0 Å². The molecule has 0 saturated carbocycles. The minimum atomic E-state index is -0.293. The Morgan fingerprint density at radius 3 is 1.95 bits per heavy atom. The van der Waals surface area contributed by atoms with E-state index in [4.69, 9.17) is 0 Å². The molecule has 1 atom stereocenters. The Kier molecular flexibility index (Phi) is 7.05. The molecule has 0 aliphatic rings.